The summed E-state index contributed by atoms with van der Waals surface area (Å²) in [4.78, 5) is 0.107. The lowest BCUT2D eigenvalue weighted by molar-refractivity contribution is 0.348. The van der Waals surface area contributed by atoms with E-state index in [0.717, 1.165) is 11.1 Å². The van der Waals surface area contributed by atoms with Crippen molar-refractivity contribution in [2.45, 2.75) is 24.8 Å². The fourth-order valence-electron chi connectivity index (χ4n) is 2.99. The van der Waals surface area contributed by atoms with Crippen molar-refractivity contribution in [1.82, 2.24) is 4.31 Å². The van der Waals surface area contributed by atoms with Crippen LogP contribution < -0.4 is 9.47 Å². The molecule has 0 spiro atoms. The number of hydrogen-bond donors (Lipinski definition) is 0. The van der Waals surface area contributed by atoms with E-state index in [1.54, 1.807) is 21.1 Å². The Labute approximate surface area is 147 Å². The highest BCUT2D eigenvalue weighted by Gasteiger charge is 2.29. The quantitative estimate of drug-likeness (QED) is 0.836. The van der Waals surface area contributed by atoms with Crippen LogP contribution in [0.5, 0.6) is 11.5 Å². The first-order chi connectivity index (χ1) is 11.9. The molecule has 0 radical (unpaired) electrons. The van der Waals surface area contributed by atoms with E-state index in [4.69, 9.17) is 9.47 Å². The molecule has 0 saturated carbocycles. The Hall–Kier alpha value is -2.12. The molecule has 0 aromatic heterocycles. The molecule has 2 aromatic rings. The molecule has 134 valence electrons. The number of hydrogen-bond acceptors (Lipinski definition) is 4. The highest BCUT2D eigenvalue weighted by molar-refractivity contribution is 7.89. The molecule has 2 aromatic carbocycles. The third-order valence-electron chi connectivity index (χ3n) is 4.45. The molecule has 25 heavy (non-hydrogen) atoms. The van der Waals surface area contributed by atoms with Crippen molar-refractivity contribution in [2.75, 3.05) is 20.8 Å². The van der Waals surface area contributed by atoms with Gasteiger partial charge in [-0.1, -0.05) is 0 Å². The lowest BCUT2D eigenvalue weighted by atomic mass is 10.0. The highest BCUT2D eigenvalue weighted by atomic mass is 32.2. The Morgan fingerprint density at radius 1 is 1.04 bits per heavy atom. The maximum absolute atomic E-state index is 13.4. The van der Waals surface area contributed by atoms with Gasteiger partial charge in [0.15, 0.2) is 11.5 Å². The van der Waals surface area contributed by atoms with Crippen LogP contribution in [0.15, 0.2) is 35.2 Å². The second kappa shape index (κ2) is 6.65. The summed E-state index contributed by atoms with van der Waals surface area (Å²) in [6, 6.07) is 7.57. The smallest absolute Gasteiger partial charge is 0.243 e. The number of methoxy groups -OCH3 is 2. The number of nitrogens with zero attached hydrogens (tertiary/aromatic N) is 1. The van der Waals surface area contributed by atoms with Gasteiger partial charge in [-0.15, -0.1) is 0 Å². The van der Waals surface area contributed by atoms with Crippen molar-refractivity contribution >= 4 is 10.0 Å². The van der Waals surface area contributed by atoms with Gasteiger partial charge >= 0.3 is 0 Å². The molecule has 7 heteroatoms. The fourth-order valence-corrected chi connectivity index (χ4v) is 4.49. The second-order valence-corrected chi connectivity index (χ2v) is 7.91. The standard InChI is InChI=1S/C18H20FNO4S/c1-12-8-15(4-5-16(12)19)25(21,22)20-7-6-13-9-17(23-2)18(24-3)10-14(13)11-20/h4-5,8-10H,6-7,11H2,1-3H3. The van der Waals surface area contributed by atoms with Gasteiger partial charge in [0.1, 0.15) is 5.82 Å². The van der Waals surface area contributed by atoms with Crippen molar-refractivity contribution in [1.29, 1.82) is 0 Å². The molecule has 0 N–H and O–H groups in total. The molecule has 0 fully saturated rings. The zero-order valence-corrected chi connectivity index (χ0v) is 15.2. The molecule has 0 bridgehead atoms. The molecule has 0 aliphatic carbocycles. The number of rotatable bonds is 4. The molecule has 1 heterocycles. The van der Waals surface area contributed by atoms with E-state index >= 15 is 0 Å². The highest BCUT2D eigenvalue weighted by Crippen LogP contribution is 2.34. The number of sulfonamides is 1. The molecule has 1 aliphatic heterocycles. The molecule has 0 amide bonds. The minimum absolute atomic E-state index is 0.107. The third kappa shape index (κ3) is 3.21. The number of fused-ring (bicyclic) bond motifs is 1. The van der Waals surface area contributed by atoms with E-state index in [2.05, 4.69) is 0 Å². The summed E-state index contributed by atoms with van der Waals surface area (Å²) in [7, 11) is -0.570. The van der Waals surface area contributed by atoms with Gasteiger partial charge in [0, 0.05) is 13.1 Å². The van der Waals surface area contributed by atoms with Crippen LogP contribution >= 0.6 is 0 Å². The summed E-state index contributed by atoms with van der Waals surface area (Å²) in [6.07, 6.45) is 0.578. The van der Waals surface area contributed by atoms with Crippen LogP contribution in [0.4, 0.5) is 4.39 Å². The minimum Gasteiger partial charge on any atom is -0.493 e. The van der Waals surface area contributed by atoms with Crippen LogP contribution in [0.25, 0.3) is 0 Å². The number of aryl methyl sites for hydroxylation is 1. The van der Waals surface area contributed by atoms with E-state index in [9.17, 15) is 12.8 Å². The average Bonchev–Trinajstić information content (AvgIpc) is 2.62. The van der Waals surface area contributed by atoms with Gasteiger partial charge in [0.2, 0.25) is 10.0 Å². The first kappa shape index (κ1) is 17.7. The van der Waals surface area contributed by atoms with E-state index in [0.29, 0.717) is 30.0 Å². The van der Waals surface area contributed by atoms with E-state index in [-0.39, 0.29) is 11.4 Å². The first-order valence-corrected chi connectivity index (χ1v) is 9.31. The van der Waals surface area contributed by atoms with Crippen molar-refractivity contribution < 1.29 is 22.3 Å². The molecule has 1 aliphatic rings. The van der Waals surface area contributed by atoms with Gasteiger partial charge in [-0.25, -0.2) is 12.8 Å². The predicted octanol–water partition coefficient (Wildman–Crippen LogP) is 2.90. The number of ether oxygens (including phenoxy) is 2. The molecule has 0 unspecified atom stereocenters. The number of halogens is 1. The first-order valence-electron chi connectivity index (χ1n) is 7.87. The van der Waals surface area contributed by atoms with Crippen molar-refractivity contribution in [2.24, 2.45) is 0 Å². The lowest BCUT2D eigenvalue weighted by Crippen LogP contribution is -2.36. The summed E-state index contributed by atoms with van der Waals surface area (Å²) in [6.45, 7) is 2.16. The maximum Gasteiger partial charge on any atom is 0.243 e. The normalized spacial score (nSPS) is 14.9. The Morgan fingerprint density at radius 2 is 1.68 bits per heavy atom. The van der Waals surface area contributed by atoms with Crippen LogP contribution in [0.2, 0.25) is 0 Å². The van der Waals surface area contributed by atoms with Gasteiger partial charge in [-0.05, 0) is 60.4 Å². The topological polar surface area (TPSA) is 55.8 Å². The molecular formula is C18H20FNO4S. The van der Waals surface area contributed by atoms with E-state index in [1.807, 2.05) is 12.1 Å². The lowest BCUT2D eigenvalue weighted by Gasteiger charge is -2.29. The predicted molar refractivity (Wildman–Crippen MR) is 92.0 cm³/mol. The van der Waals surface area contributed by atoms with Crippen molar-refractivity contribution in [3.8, 4) is 11.5 Å². The Kier molecular flexibility index (Phi) is 4.71. The van der Waals surface area contributed by atoms with Crippen LogP contribution in [0.1, 0.15) is 16.7 Å². The van der Waals surface area contributed by atoms with Crippen LogP contribution in [0, 0.1) is 12.7 Å². The molecular weight excluding hydrogens is 345 g/mol. The largest absolute Gasteiger partial charge is 0.493 e. The second-order valence-electron chi connectivity index (χ2n) is 5.98. The fraction of sp³-hybridized carbons (Fsp3) is 0.333. The average molecular weight is 365 g/mol. The Morgan fingerprint density at radius 3 is 2.28 bits per heavy atom. The molecule has 3 rings (SSSR count). The molecule has 5 nitrogen and oxygen atoms in total. The van der Waals surface area contributed by atoms with Gasteiger partial charge < -0.3 is 9.47 Å². The zero-order valence-electron chi connectivity index (χ0n) is 14.4. The molecule has 0 atom stereocenters. The van der Waals surface area contributed by atoms with Gasteiger partial charge in [0.05, 0.1) is 19.1 Å². The summed E-state index contributed by atoms with van der Waals surface area (Å²) < 4.78 is 51.2. The van der Waals surface area contributed by atoms with Crippen LogP contribution in [-0.4, -0.2) is 33.5 Å². The number of benzene rings is 2. The van der Waals surface area contributed by atoms with E-state index < -0.39 is 15.8 Å². The zero-order chi connectivity index (χ0) is 18.2. The third-order valence-corrected chi connectivity index (χ3v) is 6.29. The van der Waals surface area contributed by atoms with Crippen LogP contribution in [-0.2, 0) is 23.0 Å². The van der Waals surface area contributed by atoms with Crippen molar-refractivity contribution in [3.63, 3.8) is 0 Å². The molecule has 0 saturated heterocycles. The van der Waals surface area contributed by atoms with Gasteiger partial charge in [-0.3, -0.25) is 0 Å². The Balaban J connectivity index is 1.95. The van der Waals surface area contributed by atoms with Gasteiger partial charge in [0.25, 0.3) is 0 Å². The maximum atomic E-state index is 13.4. The summed E-state index contributed by atoms with van der Waals surface area (Å²) in [5.74, 6) is 0.782. The monoisotopic (exact) mass is 365 g/mol. The van der Waals surface area contributed by atoms with Gasteiger partial charge in [-0.2, -0.15) is 4.31 Å². The van der Waals surface area contributed by atoms with E-state index in [1.165, 1.54) is 22.5 Å². The minimum atomic E-state index is -3.68. The van der Waals surface area contributed by atoms with Crippen molar-refractivity contribution in [3.05, 3.63) is 52.8 Å². The summed E-state index contributed by atoms with van der Waals surface area (Å²) >= 11 is 0. The summed E-state index contributed by atoms with van der Waals surface area (Å²) in [5, 5.41) is 0. The SMILES string of the molecule is COc1cc2c(cc1OC)CN(S(=O)(=O)c1ccc(F)c(C)c1)CC2. The Bertz CT molecular complexity index is 912. The van der Waals surface area contributed by atoms with Crippen LogP contribution in [0.3, 0.4) is 0 Å². The summed E-state index contributed by atoms with van der Waals surface area (Å²) in [5.41, 5.74) is 2.23.